The molecule has 5 heteroatoms. The quantitative estimate of drug-likeness (QED) is 0.534. The minimum atomic E-state index is -3.19. The van der Waals surface area contributed by atoms with E-state index < -0.39 is 10.0 Å². The van der Waals surface area contributed by atoms with Crippen molar-refractivity contribution in [3.63, 3.8) is 0 Å². The lowest BCUT2D eigenvalue weighted by molar-refractivity contribution is -0.124. The molecule has 0 aromatic heterocycles. The van der Waals surface area contributed by atoms with E-state index in [0.29, 0.717) is 0 Å². The number of hydrogen-bond donors (Lipinski definition) is 0. The Bertz CT molecular complexity index is 232. The summed E-state index contributed by atoms with van der Waals surface area (Å²) in [7, 11) is -1.91. The van der Waals surface area contributed by atoms with Crippen molar-refractivity contribution in [2.24, 2.45) is 0 Å². The van der Waals surface area contributed by atoms with Crippen molar-refractivity contribution in [3.8, 4) is 0 Å². The molecule has 0 saturated carbocycles. The van der Waals surface area contributed by atoms with Gasteiger partial charge in [0.2, 0.25) is 15.9 Å². The molecule has 66 valence electrons. The van der Waals surface area contributed by atoms with Crippen molar-refractivity contribution in [1.29, 1.82) is 0 Å². The molecule has 0 unspecified atom stereocenters. The maximum absolute atomic E-state index is 10.7. The molecule has 1 amide bonds. The molecule has 0 atom stereocenters. The number of amides is 1. The van der Waals surface area contributed by atoms with Crippen LogP contribution < -0.4 is 0 Å². The van der Waals surface area contributed by atoms with E-state index >= 15 is 0 Å². The van der Waals surface area contributed by atoms with Crippen LogP contribution in [0.1, 0.15) is 20.3 Å². The van der Waals surface area contributed by atoms with Crippen LogP contribution in [0.25, 0.3) is 0 Å². The zero-order chi connectivity index (χ0) is 9.07. The van der Waals surface area contributed by atoms with Crippen LogP contribution in [0.2, 0.25) is 0 Å². The molecule has 0 N–H and O–H groups in total. The number of rotatable bonds is 0. The molecule has 0 bridgehead atoms. The van der Waals surface area contributed by atoms with Gasteiger partial charge in [-0.3, -0.25) is 4.79 Å². The van der Waals surface area contributed by atoms with Crippen LogP contribution in [0.5, 0.6) is 0 Å². The Morgan fingerprint density at radius 1 is 1.36 bits per heavy atom. The number of hydrogen-bond acceptors (Lipinski definition) is 3. The normalized spacial score (nSPS) is 21.0. The fourth-order valence-electron chi connectivity index (χ4n) is 0.666. The third-order valence-electron chi connectivity index (χ3n) is 1.34. The minimum Gasteiger partial charge on any atom is -0.274 e. The van der Waals surface area contributed by atoms with E-state index in [1.165, 1.54) is 7.05 Å². The highest BCUT2D eigenvalue weighted by molar-refractivity contribution is 7.90. The third kappa shape index (κ3) is 2.18. The number of carbonyl (C=O) groups excluding carboxylic acids is 1. The Labute approximate surface area is 67.2 Å². The van der Waals surface area contributed by atoms with Crippen molar-refractivity contribution >= 4 is 15.9 Å². The van der Waals surface area contributed by atoms with Gasteiger partial charge in [0.15, 0.2) is 0 Å². The monoisotopic (exact) mass is 179 g/mol. The molecule has 1 rings (SSSR count). The third-order valence-corrected chi connectivity index (χ3v) is 3.10. The Kier molecular flexibility index (Phi) is 3.51. The second kappa shape index (κ2) is 3.71. The summed E-state index contributed by atoms with van der Waals surface area (Å²) < 4.78 is 22.2. The first-order valence-electron chi connectivity index (χ1n) is 3.53. The topological polar surface area (TPSA) is 54.5 Å². The van der Waals surface area contributed by atoms with Crippen LogP contribution in [-0.2, 0) is 14.8 Å². The smallest absolute Gasteiger partial charge is 0.237 e. The highest BCUT2D eigenvalue weighted by Gasteiger charge is 2.30. The summed E-state index contributed by atoms with van der Waals surface area (Å²) in [6, 6.07) is 0. The van der Waals surface area contributed by atoms with Crippen LogP contribution >= 0.6 is 0 Å². The zero-order valence-corrected chi connectivity index (χ0v) is 7.81. The van der Waals surface area contributed by atoms with E-state index in [0.717, 1.165) is 4.31 Å². The zero-order valence-electron chi connectivity index (χ0n) is 6.99. The minimum absolute atomic E-state index is 0.0255. The number of nitrogens with zero attached hydrogens (tertiary/aromatic N) is 1. The standard InChI is InChI=1S/C4H7NO3S.C2H6/c1-5-4(6)2-3-9(5,7)8;1-2/h2-3H2,1H3;1-2H3. The molecule has 0 spiro atoms. The highest BCUT2D eigenvalue weighted by atomic mass is 32.2. The molecule has 4 nitrogen and oxygen atoms in total. The first-order chi connectivity index (χ1) is 5.04. The van der Waals surface area contributed by atoms with Crippen LogP contribution in [0, 0.1) is 0 Å². The second-order valence-corrected chi connectivity index (χ2v) is 4.05. The summed E-state index contributed by atoms with van der Waals surface area (Å²) in [5.41, 5.74) is 0. The number of sulfonamides is 1. The van der Waals surface area contributed by atoms with E-state index in [-0.39, 0.29) is 18.1 Å². The average Bonchev–Trinajstić information content (AvgIpc) is 2.21. The van der Waals surface area contributed by atoms with Gasteiger partial charge in [0.25, 0.3) is 0 Å². The van der Waals surface area contributed by atoms with Crippen molar-refractivity contribution < 1.29 is 13.2 Å². The van der Waals surface area contributed by atoms with Crippen molar-refractivity contribution in [3.05, 3.63) is 0 Å². The molecule has 1 heterocycles. The van der Waals surface area contributed by atoms with Gasteiger partial charge in [0.1, 0.15) is 0 Å². The predicted octanol–water partition coefficient (Wildman–Crippen LogP) is 0.205. The van der Waals surface area contributed by atoms with E-state index in [2.05, 4.69) is 0 Å². The maximum atomic E-state index is 10.7. The van der Waals surface area contributed by atoms with E-state index in [4.69, 9.17) is 0 Å². The average molecular weight is 179 g/mol. The molecule has 0 radical (unpaired) electrons. The SMILES string of the molecule is CC.CN1C(=O)CCS1(=O)=O. The summed E-state index contributed by atoms with van der Waals surface area (Å²) in [5, 5.41) is 0. The Morgan fingerprint density at radius 2 is 1.82 bits per heavy atom. The molecule has 0 aromatic carbocycles. The van der Waals surface area contributed by atoms with Gasteiger partial charge in [-0.25, -0.2) is 12.7 Å². The lowest BCUT2D eigenvalue weighted by atomic mass is 10.5. The molecular formula is C6H13NO3S. The first kappa shape index (κ1) is 10.4. The van der Waals surface area contributed by atoms with Gasteiger partial charge in [-0.15, -0.1) is 0 Å². The second-order valence-electron chi connectivity index (χ2n) is 1.93. The van der Waals surface area contributed by atoms with Crippen LogP contribution in [0.3, 0.4) is 0 Å². The molecule has 1 saturated heterocycles. The predicted molar refractivity (Wildman–Crippen MR) is 42.5 cm³/mol. The van der Waals surface area contributed by atoms with Gasteiger partial charge in [-0.05, 0) is 0 Å². The molecule has 0 aromatic rings. The Morgan fingerprint density at radius 3 is 1.91 bits per heavy atom. The Hall–Kier alpha value is -0.580. The van der Waals surface area contributed by atoms with Crippen LogP contribution in [0.4, 0.5) is 0 Å². The molecule has 11 heavy (non-hydrogen) atoms. The molecular weight excluding hydrogens is 166 g/mol. The summed E-state index contributed by atoms with van der Waals surface area (Å²) >= 11 is 0. The summed E-state index contributed by atoms with van der Waals surface area (Å²) in [6.07, 6.45) is 0.138. The summed E-state index contributed by atoms with van der Waals surface area (Å²) in [6.45, 7) is 4.00. The van der Waals surface area contributed by atoms with E-state index in [1.54, 1.807) is 0 Å². The number of carbonyl (C=O) groups is 1. The largest absolute Gasteiger partial charge is 0.274 e. The van der Waals surface area contributed by atoms with Crippen LogP contribution in [0.15, 0.2) is 0 Å². The lowest BCUT2D eigenvalue weighted by Gasteiger charge is -2.04. The van der Waals surface area contributed by atoms with Gasteiger partial charge in [-0.1, -0.05) is 13.8 Å². The summed E-state index contributed by atoms with van der Waals surface area (Å²) in [4.78, 5) is 10.5. The lowest BCUT2D eigenvalue weighted by Crippen LogP contribution is -2.24. The van der Waals surface area contributed by atoms with Gasteiger partial charge < -0.3 is 0 Å². The van der Waals surface area contributed by atoms with Crippen LogP contribution in [-0.4, -0.2) is 31.4 Å². The Balaban J connectivity index is 0.000000461. The van der Waals surface area contributed by atoms with Crippen molar-refractivity contribution in [2.45, 2.75) is 20.3 Å². The fraction of sp³-hybridized carbons (Fsp3) is 0.833. The van der Waals surface area contributed by atoms with Gasteiger partial charge in [0, 0.05) is 13.5 Å². The molecule has 1 aliphatic heterocycles. The summed E-state index contributed by atoms with van der Waals surface area (Å²) in [5.74, 6) is -0.336. The van der Waals surface area contributed by atoms with Gasteiger partial charge >= 0.3 is 0 Å². The fourth-order valence-corrected chi connectivity index (χ4v) is 1.77. The van der Waals surface area contributed by atoms with Crippen molar-refractivity contribution in [2.75, 3.05) is 12.8 Å². The molecule has 0 aliphatic carbocycles. The van der Waals surface area contributed by atoms with Gasteiger partial charge in [0.05, 0.1) is 5.75 Å². The van der Waals surface area contributed by atoms with E-state index in [1.807, 2.05) is 13.8 Å². The highest BCUT2D eigenvalue weighted by Crippen LogP contribution is 2.10. The van der Waals surface area contributed by atoms with E-state index in [9.17, 15) is 13.2 Å². The van der Waals surface area contributed by atoms with Gasteiger partial charge in [-0.2, -0.15) is 0 Å². The molecule has 1 fully saturated rings. The maximum Gasteiger partial charge on any atom is 0.237 e. The van der Waals surface area contributed by atoms with Crippen molar-refractivity contribution in [1.82, 2.24) is 4.31 Å². The first-order valence-corrected chi connectivity index (χ1v) is 5.14. The molecule has 1 aliphatic rings.